The number of rotatable bonds is 3. The second-order valence-corrected chi connectivity index (χ2v) is 3.39. The smallest absolute Gasteiger partial charge is 0.134 e. The minimum absolute atomic E-state index is 0.307. The molecule has 1 radical (unpaired) electrons. The Balaban J connectivity index is 3.82. The van der Waals surface area contributed by atoms with Crippen molar-refractivity contribution < 1.29 is 4.57 Å². The van der Waals surface area contributed by atoms with Gasteiger partial charge in [0.1, 0.15) is 8.61 Å². The van der Waals surface area contributed by atoms with Gasteiger partial charge in [0.25, 0.3) is 0 Å². The zero-order chi connectivity index (χ0) is 7.44. The molecule has 2 nitrogen and oxygen atoms in total. The summed E-state index contributed by atoms with van der Waals surface area (Å²) in [4.78, 5) is 0. The van der Waals surface area contributed by atoms with Crippen LogP contribution in [0, 0.1) is 0 Å². The van der Waals surface area contributed by atoms with Crippen LogP contribution in [0.15, 0.2) is 0 Å². The van der Waals surface area contributed by atoms with Crippen molar-refractivity contribution in [2.24, 2.45) is 0 Å². The van der Waals surface area contributed by atoms with E-state index in [9.17, 15) is 4.57 Å². The van der Waals surface area contributed by atoms with Gasteiger partial charge in [-0.2, -0.15) is 0 Å². The standard InChI is InChI=1S/C6H15NOP/c1-5(2)7(9-8)6(3)4/h5-6,9H,1-4H3. The Hall–Kier alpha value is 0.0600. The third-order valence-corrected chi connectivity index (χ3v) is 2.46. The largest absolute Gasteiger partial charge is 0.273 e. The van der Waals surface area contributed by atoms with E-state index >= 15 is 0 Å². The lowest BCUT2D eigenvalue weighted by Crippen LogP contribution is -2.27. The SMILES string of the molecule is CC(C)N([PH]=O)C(C)C. The number of hydrogen-bond acceptors (Lipinski definition) is 1. The molecule has 0 N–H and O–H groups in total. The maximum Gasteiger partial charge on any atom is 0.134 e. The van der Waals surface area contributed by atoms with Crippen LogP contribution in [0.5, 0.6) is 0 Å². The number of nitrogens with zero attached hydrogens (tertiary/aromatic N) is 1. The van der Waals surface area contributed by atoms with Crippen LogP contribution in [0.2, 0.25) is 0 Å². The van der Waals surface area contributed by atoms with Crippen LogP contribution in [0.4, 0.5) is 0 Å². The van der Waals surface area contributed by atoms with Gasteiger partial charge < -0.3 is 0 Å². The van der Waals surface area contributed by atoms with Gasteiger partial charge in [-0.3, -0.25) is 4.57 Å². The van der Waals surface area contributed by atoms with E-state index < -0.39 is 0 Å². The lowest BCUT2D eigenvalue weighted by molar-refractivity contribution is 0.317. The summed E-state index contributed by atoms with van der Waals surface area (Å²) in [5.74, 6) is 0. The van der Waals surface area contributed by atoms with Gasteiger partial charge in [-0.15, -0.1) is 0 Å². The Kier molecular flexibility index (Phi) is 4.00. The first-order chi connectivity index (χ1) is 4.09. The van der Waals surface area contributed by atoms with Gasteiger partial charge in [0.05, 0.1) is 0 Å². The summed E-state index contributed by atoms with van der Waals surface area (Å²) in [5.41, 5.74) is 0. The lowest BCUT2D eigenvalue weighted by Gasteiger charge is -2.22. The van der Waals surface area contributed by atoms with E-state index in [-0.39, 0.29) is 8.61 Å². The minimum Gasteiger partial charge on any atom is -0.273 e. The Morgan fingerprint density at radius 3 is 1.44 bits per heavy atom. The van der Waals surface area contributed by atoms with Gasteiger partial charge in [-0.1, -0.05) is 0 Å². The van der Waals surface area contributed by atoms with E-state index in [0.29, 0.717) is 12.1 Å². The zero-order valence-corrected chi connectivity index (χ0v) is 7.51. The van der Waals surface area contributed by atoms with E-state index in [1.165, 1.54) is 0 Å². The van der Waals surface area contributed by atoms with Gasteiger partial charge in [0.2, 0.25) is 0 Å². The second kappa shape index (κ2) is 3.97. The highest BCUT2D eigenvalue weighted by molar-refractivity contribution is 7.20. The van der Waals surface area contributed by atoms with Crippen LogP contribution in [-0.2, 0) is 4.57 Å². The summed E-state index contributed by atoms with van der Waals surface area (Å²) >= 11 is 0. The zero-order valence-electron chi connectivity index (χ0n) is 6.51. The van der Waals surface area contributed by atoms with Crippen LogP contribution in [0.1, 0.15) is 27.7 Å². The third kappa shape index (κ3) is 2.92. The van der Waals surface area contributed by atoms with Crippen molar-refractivity contribution in [1.29, 1.82) is 0 Å². The molecular weight excluding hydrogens is 133 g/mol. The molecule has 0 rings (SSSR count). The van der Waals surface area contributed by atoms with Gasteiger partial charge in [0.15, 0.2) is 0 Å². The van der Waals surface area contributed by atoms with Crippen molar-refractivity contribution in [3.63, 3.8) is 0 Å². The molecule has 0 aromatic rings. The quantitative estimate of drug-likeness (QED) is 0.571. The summed E-state index contributed by atoms with van der Waals surface area (Å²) in [7, 11) is -0.307. The maximum atomic E-state index is 10.5. The normalized spacial score (nSPS) is 12.3. The van der Waals surface area contributed by atoms with Crippen LogP contribution >= 0.6 is 8.61 Å². The molecule has 0 aliphatic rings. The summed E-state index contributed by atoms with van der Waals surface area (Å²) < 4.78 is 12.4. The van der Waals surface area contributed by atoms with E-state index in [0.717, 1.165) is 0 Å². The Morgan fingerprint density at radius 1 is 1.11 bits per heavy atom. The van der Waals surface area contributed by atoms with E-state index in [1.807, 2.05) is 32.4 Å². The topological polar surface area (TPSA) is 20.3 Å². The molecule has 0 aromatic carbocycles. The van der Waals surface area contributed by atoms with Gasteiger partial charge in [0, 0.05) is 12.1 Å². The first-order valence-corrected chi connectivity index (χ1v) is 4.11. The van der Waals surface area contributed by atoms with Crippen molar-refractivity contribution in [2.75, 3.05) is 0 Å². The second-order valence-electron chi connectivity index (χ2n) is 2.69. The van der Waals surface area contributed by atoms with Crippen molar-refractivity contribution in [3.8, 4) is 0 Å². The van der Waals surface area contributed by atoms with Crippen LogP contribution in [-0.4, -0.2) is 16.8 Å². The lowest BCUT2D eigenvalue weighted by atomic mass is 10.3. The van der Waals surface area contributed by atoms with E-state index in [4.69, 9.17) is 0 Å². The highest BCUT2D eigenvalue weighted by Crippen LogP contribution is 2.14. The fraction of sp³-hybridized carbons (Fsp3) is 1.00. The molecule has 1 atom stereocenters. The molecule has 55 valence electrons. The average molecular weight is 148 g/mol. The summed E-state index contributed by atoms with van der Waals surface area (Å²) in [5, 5.41) is 0. The molecule has 0 amide bonds. The van der Waals surface area contributed by atoms with Crippen molar-refractivity contribution >= 4 is 8.61 Å². The van der Waals surface area contributed by atoms with E-state index in [1.54, 1.807) is 0 Å². The molecule has 0 heterocycles. The van der Waals surface area contributed by atoms with Crippen LogP contribution < -0.4 is 0 Å². The Labute approximate surface area is 58.5 Å². The van der Waals surface area contributed by atoms with E-state index in [2.05, 4.69) is 0 Å². The van der Waals surface area contributed by atoms with Gasteiger partial charge in [-0.25, -0.2) is 4.67 Å². The fourth-order valence-corrected chi connectivity index (χ4v) is 1.23. The molecule has 0 aliphatic heterocycles. The molecule has 9 heavy (non-hydrogen) atoms. The first kappa shape index (κ1) is 9.06. The molecular formula is C6H15NOP. The molecule has 0 saturated carbocycles. The molecule has 0 saturated heterocycles. The molecule has 0 aliphatic carbocycles. The minimum atomic E-state index is -0.307. The van der Waals surface area contributed by atoms with Crippen molar-refractivity contribution in [2.45, 2.75) is 39.8 Å². The monoisotopic (exact) mass is 148 g/mol. The maximum absolute atomic E-state index is 10.5. The molecule has 0 bridgehead atoms. The van der Waals surface area contributed by atoms with Gasteiger partial charge in [-0.05, 0) is 27.7 Å². The molecule has 3 heteroatoms. The average Bonchev–Trinajstić information content (AvgIpc) is 1.64. The first-order valence-electron chi connectivity index (χ1n) is 3.25. The molecule has 1 unspecified atom stereocenters. The predicted octanol–water partition coefficient (Wildman–Crippen LogP) is 2.04. The van der Waals surface area contributed by atoms with Crippen molar-refractivity contribution in [1.82, 2.24) is 4.67 Å². The van der Waals surface area contributed by atoms with Crippen LogP contribution in [0.3, 0.4) is 0 Å². The third-order valence-electron chi connectivity index (χ3n) is 1.22. The van der Waals surface area contributed by atoms with Gasteiger partial charge >= 0.3 is 0 Å². The highest BCUT2D eigenvalue weighted by atomic mass is 31.1. The summed E-state index contributed by atoms with van der Waals surface area (Å²) in [6.45, 7) is 8.19. The van der Waals surface area contributed by atoms with Crippen molar-refractivity contribution in [3.05, 3.63) is 0 Å². The Morgan fingerprint density at radius 2 is 1.44 bits per heavy atom. The Bertz CT molecular complexity index is 85.1. The molecule has 0 aromatic heterocycles. The molecule has 0 fully saturated rings. The fourth-order valence-electron chi connectivity index (χ4n) is 0.807. The predicted molar refractivity (Wildman–Crippen MR) is 41.1 cm³/mol. The van der Waals surface area contributed by atoms with Crippen LogP contribution in [0.25, 0.3) is 0 Å². The summed E-state index contributed by atoms with van der Waals surface area (Å²) in [6, 6.07) is 0.779. The summed E-state index contributed by atoms with van der Waals surface area (Å²) in [6.07, 6.45) is 0. The number of hydrogen-bond donors (Lipinski definition) is 0. The molecule has 0 spiro atoms. The highest BCUT2D eigenvalue weighted by Gasteiger charge is 2.10.